The maximum Gasteiger partial charge on any atom is 0.225 e. The van der Waals surface area contributed by atoms with Gasteiger partial charge in [0.1, 0.15) is 0 Å². The van der Waals surface area contributed by atoms with Crippen LogP contribution in [0.5, 0.6) is 0 Å². The maximum atomic E-state index is 12.2. The lowest BCUT2D eigenvalue weighted by atomic mass is 9.91. The normalized spacial score (nSPS) is 27.9. The Morgan fingerprint density at radius 1 is 1.25 bits per heavy atom. The van der Waals surface area contributed by atoms with Crippen LogP contribution in [0.2, 0.25) is 0 Å². The van der Waals surface area contributed by atoms with Crippen molar-refractivity contribution in [2.24, 2.45) is 11.8 Å². The molecule has 3 unspecified atom stereocenters. The van der Waals surface area contributed by atoms with Crippen LogP contribution in [0, 0.1) is 11.8 Å². The second-order valence-electron chi connectivity index (χ2n) is 5.35. The van der Waals surface area contributed by atoms with Gasteiger partial charge in [-0.05, 0) is 18.8 Å². The van der Waals surface area contributed by atoms with Gasteiger partial charge in [0.05, 0.1) is 0 Å². The topological polar surface area (TPSA) is 20.3 Å². The zero-order valence-electron chi connectivity index (χ0n) is 10.9. The molecule has 1 fully saturated rings. The van der Waals surface area contributed by atoms with Gasteiger partial charge in [0.25, 0.3) is 0 Å². The van der Waals surface area contributed by atoms with Crippen molar-refractivity contribution in [2.75, 3.05) is 7.05 Å². The van der Waals surface area contributed by atoms with Crippen LogP contribution < -0.4 is 0 Å². The van der Waals surface area contributed by atoms with E-state index < -0.39 is 0 Å². The molecule has 16 heavy (non-hydrogen) atoms. The summed E-state index contributed by atoms with van der Waals surface area (Å²) < 4.78 is 0. The van der Waals surface area contributed by atoms with E-state index in [9.17, 15) is 4.79 Å². The molecule has 0 aromatic rings. The van der Waals surface area contributed by atoms with Gasteiger partial charge < -0.3 is 4.90 Å². The highest BCUT2D eigenvalue weighted by atomic mass is 79.9. The SMILES string of the molecule is CC(C)C(C)C(=O)N(C)C1CCCCC1Br. The molecule has 0 N–H and O–H groups in total. The van der Waals surface area contributed by atoms with Gasteiger partial charge in [-0.25, -0.2) is 0 Å². The van der Waals surface area contributed by atoms with Crippen LogP contribution >= 0.6 is 15.9 Å². The number of hydrogen-bond donors (Lipinski definition) is 0. The van der Waals surface area contributed by atoms with Crippen molar-refractivity contribution in [3.8, 4) is 0 Å². The summed E-state index contributed by atoms with van der Waals surface area (Å²) in [7, 11) is 1.96. The van der Waals surface area contributed by atoms with E-state index in [1.54, 1.807) is 0 Å². The van der Waals surface area contributed by atoms with Gasteiger partial charge in [0.2, 0.25) is 5.91 Å². The number of halogens is 1. The largest absolute Gasteiger partial charge is 0.341 e. The molecule has 1 aliphatic rings. The number of carbonyl (C=O) groups is 1. The number of hydrogen-bond acceptors (Lipinski definition) is 1. The molecule has 0 aliphatic heterocycles. The summed E-state index contributed by atoms with van der Waals surface area (Å²) >= 11 is 3.72. The van der Waals surface area contributed by atoms with Crippen LogP contribution in [0.15, 0.2) is 0 Å². The molecule has 0 radical (unpaired) electrons. The summed E-state index contributed by atoms with van der Waals surface area (Å²) in [6, 6.07) is 0.391. The molecule has 0 aromatic heterocycles. The Balaban J connectivity index is 2.61. The average Bonchev–Trinajstić information content (AvgIpc) is 2.26. The summed E-state index contributed by atoms with van der Waals surface area (Å²) in [4.78, 5) is 14.7. The second kappa shape index (κ2) is 6.04. The molecule has 94 valence electrons. The lowest BCUT2D eigenvalue weighted by molar-refractivity contribution is -0.137. The van der Waals surface area contributed by atoms with Gasteiger partial charge in [-0.2, -0.15) is 0 Å². The summed E-state index contributed by atoms with van der Waals surface area (Å²) in [5.74, 6) is 0.852. The number of rotatable bonds is 3. The molecule has 0 spiro atoms. The highest BCUT2D eigenvalue weighted by Crippen LogP contribution is 2.29. The summed E-state index contributed by atoms with van der Waals surface area (Å²) in [6.45, 7) is 6.27. The lowest BCUT2D eigenvalue weighted by Gasteiger charge is -2.37. The third-order valence-corrected chi connectivity index (χ3v) is 4.95. The molecule has 3 atom stereocenters. The molecule has 0 heterocycles. The molecular formula is C13H24BrNO. The van der Waals surface area contributed by atoms with E-state index in [2.05, 4.69) is 29.8 Å². The van der Waals surface area contributed by atoms with E-state index in [4.69, 9.17) is 0 Å². The van der Waals surface area contributed by atoms with Gasteiger partial charge in [0.15, 0.2) is 0 Å². The molecule has 1 saturated carbocycles. The number of alkyl halides is 1. The quantitative estimate of drug-likeness (QED) is 0.729. The van der Waals surface area contributed by atoms with Crippen molar-refractivity contribution >= 4 is 21.8 Å². The van der Waals surface area contributed by atoms with E-state index in [-0.39, 0.29) is 5.92 Å². The fourth-order valence-electron chi connectivity index (χ4n) is 2.27. The van der Waals surface area contributed by atoms with Gasteiger partial charge in [-0.1, -0.05) is 49.5 Å². The molecular weight excluding hydrogens is 266 g/mol. The van der Waals surface area contributed by atoms with E-state index in [0.717, 1.165) is 6.42 Å². The van der Waals surface area contributed by atoms with Gasteiger partial charge in [0, 0.05) is 23.8 Å². The van der Waals surface area contributed by atoms with Crippen LogP contribution in [-0.2, 0) is 4.79 Å². The first-order valence-corrected chi connectivity index (χ1v) is 7.27. The van der Waals surface area contributed by atoms with Crippen molar-refractivity contribution < 1.29 is 4.79 Å². The molecule has 1 rings (SSSR count). The summed E-state index contributed by atoms with van der Waals surface area (Å²) in [6.07, 6.45) is 4.87. The Morgan fingerprint density at radius 3 is 2.31 bits per heavy atom. The highest BCUT2D eigenvalue weighted by Gasteiger charge is 2.31. The maximum absolute atomic E-state index is 12.2. The first-order chi connectivity index (χ1) is 7.45. The fraction of sp³-hybridized carbons (Fsp3) is 0.923. The van der Waals surface area contributed by atoms with E-state index in [1.807, 2.05) is 18.9 Å². The minimum absolute atomic E-state index is 0.131. The minimum atomic E-state index is 0.131. The zero-order chi connectivity index (χ0) is 12.3. The molecule has 2 nitrogen and oxygen atoms in total. The Labute approximate surface area is 108 Å². The van der Waals surface area contributed by atoms with Crippen LogP contribution in [0.4, 0.5) is 0 Å². The van der Waals surface area contributed by atoms with Crippen molar-refractivity contribution in [1.29, 1.82) is 0 Å². The van der Waals surface area contributed by atoms with Crippen LogP contribution in [0.3, 0.4) is 0 Å². The van der Waals surface area contributed by atoms with E-state index in [1.165, 1.54) is 19.3 Å². The molecule has 0 aromatic carbocycles. The van der Waals surface area contributed by atoms with Gasteiger partial charge >= 0.3 is 0 Å². The van der Waals surface area contributed by atoms with Crippen molar-refractivity contribution in [3.63, 3.8) is 0 Å². The minimum Gasteiger partial charge on any atom is -0.341 e. The monoisotopic (exact) mass is 289 g/mol. The Morgan fingerprint density at radius 2 is 1.81 bits per heavy atom. The summed E-state index contributed by atoms with van der Waals surface area (Å²) in [5, 5.41) is 0. The standard InChI is InChI=1S/C13H24BrNO/c1-9(2)10(3)13(16)15(4)12-8-6-5-7-11(12)14/h9-12H,5-8H2,1-4H3. The Hall–Kier alpha value is -0.0500. The van der Waals surface area contributed by atoms with Crippen LogP contribution in [-0.4, -0.2) is 28.7 Å². The summed E-state index contributed by atoms with van der Waals surface area (Å²) in [5.41, 5.74) is 0. The first-order valence-electron chi connectivity index (χ1n) is 6.36. The van der Waals surface area contributed by atoms with Crippen molar-refractivity contribution in [3.05, 3.63) is 0 Å². The van der Waals surface area contributed by atoms with Crippen LogP contribution in [0.1, 0.15) is 46.5 Å². The zero-order valence-corrected chi connectivity index (χ0v) is 12.5. The third-order valence-electron chi connectivity index (χ3n) is 3.88. The smallest absolute Gasteiger partial charge is 0.225 e. The number of carbonyl (C=O) groups excluding carboxylic acids is 1. The Bertz CT molecular complexity index is 242. The molecule has 1 aliphatic carbocycles. The van der Waals surface area contributed by atoms with Crippen LogP contribution in [0.25, 0.3) is 0 Å². The van der Waals surface area contributed by atoms with Gasteiger partial charge in [-0.3, -0.25) is 4.79 Å². The van der Waals surface area contributed by atoms with Gasteiger partial charge in [-0.15, -0.1) is 0 Å². The average molecular weight is 290 g/mol. The third kappa shape index (κ3) is 3.22. The molecule has 3 heteroatoms. The molecule has 0 saturated heterocycles. The van der Waals surface area contributed by atoms with Crippen molar-refractivity contribution in [2.45, 2.75) is 57.3 Å². The first kappa shape index (κ1) is 14.0. The van der Waals surface area contributed by atoms with E-state index in [0.29, 0.717) is 22.7 Å². The number of nitrogens with zero attached hydrogens (tertiary/aromatic N) is 1. The highest BCUT2D eigenvalue weighted by molar-refractivity contribution is 9.09. The van der Waals surface area contributed by atoms with Crippen molar-refractivity contribution in [1.82, 2.24) is 4.90 Å². The molecule has 0 bridgehead atoms. The second-order valence-corrected chi connectivity index (χ2v) is 6.53. The fourth-order valence-corrected chi connectivity index (χ4v) is 3.21. The Kier molecular flexibility index (Phi) is 5.29. The lowest BCUT2D eigenvalue weighted by Crippen LogP contribution is -2.46. The molecule has 1 amide bonds. The van der Waals surface area contributed by atoms with E-state index >= 15 is 0 Å². The number of amides is 1. The predicted molar refractivity (Wildman–Crippen MR) is 71.7 cm³/mol. The predicted octanol–water partition coefficient (Wildman–Crippen LogP) is 3.44.